The minimum Gasteiger partial charge on any atom is -0.293 e. The van der Waals surface area contributed by atoms with Gasteiger partial charge in [0.25, 0.3) is 11.7 Å². The summed E-state index contributed by atoms with van der Waals surface area (Å²) in [7, 11) is 0. The highest BCUT2D eigenvalue weighted by Gasteiger charge is 2.20. The zero-order chi connectivity index (χ0) is 15.5. The first-order valence-corrected chi connectivity index (χ1v) is 7.23. The topological polar surface area (TPSA) is 72.2 Å². The number of amides is 1. The third kappa shape index (κ3) is 2.67. The van der Waals surface area contributed by atoms with Crippen molar-refractivity contribution < 1.29 is 4.79 Å². The number of anilines is 1. The van der Waals surface area contributed by atoms with Crippen LogP contribution < -0.4 is 5.32 Å². The summed E-state index contributed by atoms with van der Waals surface area (Å²) in [6.45, 7) is 3.90. The zero-order valence-corrected chi connectivity index (χ0v) is 12.5. The maximum absolute atomic E-state index is 12.5. The molecular formula is C16H17N5O. The Kier molecular flexibility index (Phi) is 3.82. The number of rotatable bonds is 4. The fraction of sp³-hybridized carbons (Fsp3) is 0.250. The number of fused-ring (bicyclic) bond motifs is 1. The van der Waals surface area contributed by atoms with Crippen LogP contribution in [0, 0.1) is 6.92 Å². The maximum Gasteiger partial charge on any atom is 0.254 e. The largest absolute Gasteiger partial charge is 0.293 e. The van der Waals surface area contributed by atoms with E-state index in [1.165, 1.54) is 0 Å². The molecule has 0 saturated carbocycles. The first-order valence-electron chi connectivity index (χ1n) is 7.23. The average Bonchev–Trinajstić information content (AvgIpc) is 2.93. The van der Waals surface area contributed by atoms with Gasteiger partial charge >= 0.3 is 0 Å². The van der Waals surface area contributed by atoms with Gasteiger partial charge in [0.15, 0.2) is 0 Å². The molecule has 3 rings (SSSR count). The van der Waals surface area contributed by atoms with Gasteiger partial charge in [0.2, 0.25) is 5.91 Å². The molecule has 6 heteroatoms. The third-order valence-corrected chi connectivity index (χ3v) is 3.59. The van der Waals surface area contributed by atoms with Crippen LogP contribution in [0.15, 0.2) is 42.6 Å². The first-order chi connectivity index (χ1) is 10.7. The summed E-state index contributed by atoms with van der Waals surface area (Å²) >= 11 is 0. The molecule has 0 fully saturated rings. The van der Waals surface area contributed by atoms with E-state index in [0.717, 1.165) is 11.3 Å². The van der Waals surface area contributed by atoms with Gasteiger partial charge in [-0.25, -0.2) is 4.98 Å². The Morgan fingerprint density at radius 1 is 1.27 bits per heavy atom. The second kappa shape index (κ2) is 5.93. The number of aryl methyl sites for hydroxylation is 1. The fourth-order valence-electron chi connectivity index (χ4n) is 2.41. The van der Waals surface area contributed by atoms with Crippen molar-refractivity contribution in [2.24, 2.45) is 0 Å². The van der Waals surface area contributed by atoms with E-state index in [-0.39, 0.29) is 17.8 Å². The molecule has 0 saturated heterocycles. The minimum atomic E-state index is -0.220. The summed E-state index contributed by atoms with van der Waals surface area (Å²) in [4.78, 5) is 20.8. The van der Waals surface area contributed by atoms with Gasteiger partial charge in [0.05, 0.1) is 5.92 Å². The van der Waals surface area contributed by atoms with Crippen LogP contribution >= 0.6 is 0 Å². The summed E-state index contributed by atoms with van der Waals surface area (Å²) in [6.07, 6.45) is 2.38. The summed E-state index contributed by atoms with van der Waals surface area (Å²) < 4.78 is 1.61. The molecule has 0 radical (unpaired) electrons. The van der Waals surface area contributed by atoms with Gasteiger partial charge in [0, 0.05) is 11.9 Å². The van der Waals surface area contributed by atoms with Crippen LogP contribution in [0.3, 0.4) is 0 Å². The number of benzene rings is 1. The van der Waals surface area contributed by atoms with Gasteiger partial charge < -0.3 is 0 Å². The van der Waals surface area contributed by atoms with E-state index in [1.54, 1.807) is 10.7 Å². The lowest BCUT2D eigenvalue weighted by atomic mass is 9.96. The van der Waals surface area contributed by atoms with E-state index in [4.69, 9.17) is 0 Å². The van der Waals surface area contributed by atoms with Crippen molar-refractivity contribution >= 4 is 17.6 Å². The maximum atomic E-state index is 12.5. The van der Waals surface area contributed by atoms with E-state index < -0.39 is 0 Å². The Labute approximate surface area is 128 Å². The average molecular weight is 295 g/mol. The molecule has 2 aromatic heterocycles. The molecular weight excluding hydrogens is 278 g/mol. The number of nitrogens with one attached hydrogen (secondary N) is 1. The first kappa shape index (κ1) is 14.2. The number of hydrogen-bond donors (Lipinski definition) is 1. The highest BCUT2D eigenvalue weighted by molar-refractivity contribution is 5.94. The van der Waals surface area contributed by atoms with Crippen molar-refractivity contribution in [1.82, 2.24) is 19.6 Å². The van der Waals surface area contributed by atoms with E-state index >= 15 is 0 Å². The van der Waals surface area contributed by atoms with Crippen molar-refractivity contribution in [3.8, 4) is 0 Å². The van der Waals surface area contributed by atoms with Gasteiger partial charge in [-0.3, -0.25) is 10.1 Å². The Morgan fingerprint density at radius 3 is 2.73 bits per heavy atom. The molecule has 1 aromatic carbocycles. The Balaban J connectivity index is 1.84. The van der Waals surface area contributed by atoms with Crippen LogP contribution in [0.4, 0.5) is 5.95 Å². The fourth-order valence-corrected chi connectivity index (χ4v) is 2.41. The minimum absolute atomic E-state index is 0.109. The highest BCUT2D eigenvalue weighted by Crippen LogP contribution is 2.20. The van der Waals surface area contributed by atoms with Crippen LogP contribution in [0.25, 0.3) is 5.78 Å². The molecule has 2 heterocycles. The highest BCUT2D eigenvalue weighted by atomic mass is 16.2. The summed E-state index contributed by atoms with van der Waals surface area (Å²) in [6, 6.07) is 11.6. The predicted molar refractivity (Wildman–Crippen MR) is 83.6 cm³/mol. The molecule has 0 aliphatic heterocycles. The number of hydrogen-bond acceptors (Lipinski definition) is 4. The van der Waals surface area contributed by atoms with Crippen LogP contribution in [0.1, 0.15) is 30.5 Å². The van der Waals surface area contributed by atoms with Crippen LogP contribution in [0.5, 0.6) is 0 Å². The predicted octanol–water partition coefficient (Wildman–Crippen LogP) is 2.57. The molecule has 0 aliphatic carbocycles. The number of aromatic nitrogens is 4. The molecule has 112 valence electrons. The van der Waals surface area contributed by atoms with E-state index in [0.29, 0.717) is 12.2 Å². The Bertz CT molecular complexity index is 797. The van der Waals surface area contributed by atoms with Gasteiger partial charge in [-0.15, -0.1) is 5.10 Å². The molecule has 0 bridgehead atoms. The van der Waals surface area contributed by atoms with Crippen molar-refractivity contribution in [3.63, 3.8) is 0 Å². The summed E-state index contributed by atoms with van der Waals surface area (Å²) in [5.41, 5.74) is 1.90. The van der Waals surface area contributed by atoms with Crippen molar-refractivity contribution in [1.29, 1.82) is 0 Å². The van der Waals surface area contributed by atoms with Gasteiger partial charge in [-0.1, -0.05) is 37.3 Å². The molecule has 1 N–H and O–H groups in total. The SMILES string of the molecule is CC[C@@H](C(=O)Nc1nc2nccc(C)n2n1)c1ccccc1. The lowest BCUT2D eigenvalue weighted by Crippen LogP contribution is -2.21. The lowest BCUT2D eigenvalue weighted by molar-refractivity contribution is -0.117. The number of carbonyl (C=O) groups is 1. The summed E-state index contributed by atoms with van der Waals surface area (Å²) in [5.74, 6) is 0.424. The van der Waals surface area contributed by atoms with Gasteiger partial charge in [0.1, 0.15) is 0 Å². The molecule has 0 aliphatic rings. The second-order valence-electron chi connectivity index (χ2n) is 5.09. The molecule has 0 spiro atoms. The van der Waals surface area contributed by atoms with E-state index in [2.05, 4.69) is 20.4 Å². The summed E-state index contributed by atoms with van der Waals surface area (Å²) in [5, 5.41) is 7.06. The number of carbonyl (C=O) groups excluding carboxylic acids is 1. The molecule has 22 heavy (non-hydrogen) atoms. The van der Waals surface area contributed by atoms with Crippen LogP contribution in [-0.4, -0.2) is 25.5 Å². The van der Waals surface area contributed by atoms with E-state index in [1.807, 2.05) is 50.2 Å². The van der Waals surface area contributed by atoms with Gasteiger partial charge in [-0.2, -0.15) is 9.50 Å². The van der Waals surface area contributed by atoms with E-state index in [9.17, 15) is 4.79 Å². The smallest absolute Gasteiger partial charge is 0.254 e. The monoisotopic (exact) mass is 295 g/mol. The van der Waals surface area contributed by atoms with Crippen molar-refractivity contribution in [3.05, 3.63) is 53.9 Å². The van der Waals surface area contributed by atoms with Crippen LogP contribution in [0.2, 0.25) is 0 Å². The zero-order valence-electron chi connectivity index (χ0n) is 12.5. The lowest BCUT2D eigenvalue weighted by Gasteiger charge is -2.13. The van der Waals surface area contributed by atoms with Crippen molar-refractivity contribution in [2.75, 3.05) is 5.32 Å². The molecule has 1 amide bonds. The van der Waals surface area contributed by atoms with Crippen LogP contribution in [-0.2, 0) is 4.79 Å². The molecule has 6 nitrogen and oxygen atoms in total. The van der Waals surface area contributed by atoms with Crippen molar-refractivity contribution in [2.45, 2.75) is 26.2 Å². The Hall–Kier alpha value is -2.76. The molecule has 1 atom stereocenters. The van der Waals surface area contributed by atoms with Gasteiger partial charge in [-0.05, 0) is 25.0 Å². The molecule has 3 aromatic rings. The number of nitrogens with zero attached hydrogens (tertiary/aromatic N) is 4. The normalized spacial score (nSPS) is 12.3. The third-order valence-electron chi connectivity index (χ3n) is 3.59. The second-order valence-corrected chi connectivity index (χ2v) is 5.09. The standard InChI is InChI=1S/C16H17N5O/c1-3-13(12-7-5-4-6-8-12)14(22)18-15-19-16-17-10-9-11(2)21(16)20-15/h4-10,13H,3H2,1-2H3,(H,18,20,22)/t13-/m1/s1. The quantitative estimate of drug-likeness (QED) is 0.803. The molecule has 0 unspecified atom stereocenters. The Morgan fingerprint density at radius 2 is 2.05 bits per heavy atom.